The molecular formula is C19H21ClN2O. The summed E-state index contributed by atoms with van der Waals surface area (Å²) in [6.45, 7) is 6.56. The molecule has 1 amide bonds. The van der Waals surface area contributed by atoms with Crippen molar-refractivity contribution in [2.45, 2.75) is 19.9 Å². The molecule has 1 fully saturated rings. The molecule has 0 radical (unpaired) electrons. The summed E-state index contributed by atoms with van der Waals surface area (Å²) in [7, 11) is 0. The molecule has 3 nitrogen and oxygen atoms in total. The third-order valence-electron chi connectivity index (χ3n) is 4.32. The fourth-order valence-electron chi connectivity index (χ4n) is 3.14. The number of hydrogen-bond donors (Lipinski definition) is 0. The van der Waals surface area contributed by atoms with Gasteiger partial charge >= 0.3 is 0 Å². The highest BCUT2D eigenvalue weighted by Crippen LogP contribution is 2.23. The summed E-state index contributed by atoms with van der Waals surface area (Å²) in [6.07, 6.45) is 0. The van der Waals surface area contributed by atoms with Crippen molar-refractivity contribution in [1.82, 2.24) is 4.90 Å². The molecule has 3 rings (SSSR count). The summed E-state index contributed by atoms with van der Waals surface area (Å²) in [5.74, 6) is 0.0586. The Kier molecular flexibility index (Phi) is 4.58. The number of carbonyl (C=O) groups is 1. The normalized spacial score (nSPS) is 18.1. The van der Waals surface area contributed by atoms with Crippen LogP contribution in [0.2, 0.25) is 5.02 Å². The van der Waals surface area contributed by atoms with Gasteiger partial charge in [0.15, 0.2) is 0 Å². The summed E-state index contributed by atoms with van der Waals surface area (Å²) in [5, 5.41) is 0.599. The third kappa shape index (κ3) is 3.50. The van der Waals surface area contributed by atoms with Crippen LogP contribution in [0.4, 0.5) is 5.69 Å². The number of anilines is 1. The molecule has 1 atom stereocenters. The smallest absolute Gasteiger partial charge is 0.254 e. The fraction of sp³-hybridized carbons (Fsp3) is 0.316. The van der Waals surface area contributed by atoms with Gasteiger partial charge in [0.2, 0.25) is 0 Å². The Hall–Kier alpha value is -2.00. The van der Waals surface area contributed by atoms with E-state index in [1.165, 1.54) is 11.3 Å². The van der Waals surface area contributed by atoms with Crippen molar-refractivity contribution in [3.63, 3.8) is 0 Å². The molecule has 2 aromatic rings. The molecule has 1 aliphatic rings. The number of nitrogens with zero attached hydrogens (tertiary/aromatic N) is 2. The summed E-state index contributed by atoms with van der Waals surface area (Å²) in [6, 6.07) is 16.0. The largest absolute Gasteiger partial charge is 0.365 e. The summed E-state index contributed by atoms with van der Waals surface area (Å²) >= 11 is 6.00. The van der Waals surface area contributed by atoms with E-state index in [-0.39, 0.29) is 11.9 Å². The van der Waals surface area contributed by atoms with Gasteiger partial charge in [-0.3, -0.25) is 4.79 Å². The fourth-order valence-corrected chi connectivity index (χ4v) is 3.33. The molecule has 0 spiro atoms. The van der Waals surface area contributed by atoms with Crippen LogP contribution in [-0.4, -0.2) is 36.5 Å². The first-order valence-electron chi connectivity index (χ1n) is 7.93. The minimum Gasteiger partial charge on any atom is -0.365 e. The topological polar surface area (TPSA) is 23.6 Å². The monoisotopic (exact) mass is 328 g/mol. The van der Waals surface area contributed by atoms with Crippen LogP contribution >= 0.6 is 11.6 Å². The predicted molar refractivity (Wildman–Crippen MR) is 95.3 cm³/mol. The van der Waals surface area contributed by atoms with Gasteiger partial charge < -0.3 is 9.80 Å². The zero-order chi connectivity index (χ0) is 16.4. The molecule has 0 N–H and O–H groups in total. The highest BCUT2D eigenvalue weighted by atomic mass is 35.5. The molecule has 0 aliphatic carbocycles. The van der Waals surface area contributed by atoms with E-state index in [2.05, 4.69) is 43.0 Å². The third-order valence-corrected chi connectivity index (χ3v) is 4.55. The minimum atomic E-state index is 0.0586. The number of amides is 1. The quantitative estimate of drug-likeness (QED) is 0.832. The lowest BCUT2D eigenvalue weighted by Crippen LogP contribution is -2.53. The lowest BCUT2D eigenvalue weighted by molar-refractivity contribution is 0.0726. The van der Waals surface area contributed by atoms with Crippen LogP contribution in [0.25, 0.3) is 0 Å². The molecular weight excluding hydrogens is 308 g/mol. The molecule has 0 unspecified atom stereocenters. The maximum atomic E-state index is 12.6. The second-order valence-electron chi connectivity index (χ2n) is 6.14. The van der Waals surface area contributed by atoms with Crippen LogP contribution in [0.1, 0.15) is 22.8 Å². The number of carbonyl (C=O) groups excluding carboxylic acids is 1. The van der Waals surface area contributed by atoms with Crippen molar-refractivity contribution in [3.8, 4) is 0 Å². The first kappa shape index (κ1) is 15.9. The van der Waals surface area contributed by atoms with E-state index in [1.54, 1.807) is 12.1 Å². The second-order valence-corrected chi connectivity index (χ2v) is 6.58. The zero-order valence-electron chi connectivity index (χ0n) is 13.5. The number of halogens is 1. The maximum Gasteiger partial charge on any atom is 0.254 e. The standard InChI is InChI=1S/C19H21ClN2O/c1-14-5-3-8-18(11-14)22-10-9-21(13-15(22)2)19(23)16-6-4-7-17(20)12-16/h3-8,11-12,15H,9-10,13H2,1-2H3/t15-/m1/s1. The Morgan fingerprint density at radius 3 is 2.61 bits per heavy atom. The SMILES string of the molecule is Cc1cccc(N2CCN(C(=O)c3cccc(Cl)c3)C[C@H]2C)c1. The summed E-state index contributed by atoms with van der Waals surface area (Å²) in [5.41, 5.74) is 3.15. The van der Waals surface area contributed by atoms with Crippen LogP contribution in [-0.2, 0) is 0 Å². The number of piperazine rings is 1. The van der Waals surface area contributed by atoms with Crippen molar-refractivity contribution >= 4 is 23.2 Å². The van der Waals surface area contributed by atoms with Gasteiger partial charge in [-0.25, -0.2) is 0 Å². The van der Waals surface area contributed by atoms with E-state index in [0.29, 0.717) is 10.6 Å². The average Bonchev–Trinajstić information content (AvgIpc) is 2.54. The van der Waals surface area contributed by atoms with E-state index >= 15 is 0 Å². The Labute approximate surface area is 142 Å². The first-order chi connectivity index (χ1) is 11.0. The van der Waals surface area contributed by atoms with Crippen LogP contribution < -0.4 is 4.90 Å². The molecule has 120 valence electrons. The van der Waals surface area contributed by atoms with Gasteiger partial charge in [0.25, 0.3) is 5.91 Å². The van der Waals surface area contributed by atoms with Crippen molar-refractivity contribution < 1.29 is 4.79 Å². The van der Waals surface area contributed by atoms with Crippen LogP contribution in [0, 0.1) is 6.92 Å². The lowest BCUT2D eigenvalue weighted by Gasteiger charge is -2.41. The Balaban J connectivity index is 1.72. The van der Waals surface area contributed by atoms with Crippen molar-refractivity contribution in [2.75, 3.05) is 24.5 Å². The average molecular weight is 329 g/mol. The molecule has 4 heteroatoms. The molecule has 0 aromatic heterocycles. The van der Waals surface area contributed by atoms with Crippen LogP contribution in [0.15, 0.2) is 48.5 Å². The number of aryl methyl sites for hydroxylation is 1. The zero-order valence-corrected chi connectivity index (χ0v) is 14.3. The van der Waals surface area contributed by atoms with Gasteiger partial charge in [0.1, 0.15) is 0 Å². The van der Waals surface area contributed by atoms with Crippen LogP contribution in [0.3, 0.4) is 0 Å². The Morgan fingerprint density at radius 1 is 1.13 bits per heavy atom. The lowest BCUT2D eigenvalue weighted by atomic mass is 10.1. The highest BCUT2D eigenvalue weighted by molar-refractivity contribution is 6.30. The van der Waals surface area contributed by atoms with Gasteiger partial charge in [-0.2, -0.15) is 0 Å². The Bertz CT molecular complexity index is 716. The van der Waals surface area contributed by atoms with E-state index in [9.17, 15) is 4.79 Å². The summed E-state index contributed by atoms with van der Waals surface area (Å²) in [4.78, 5) is 16.9. The highest BCUT2D eigenvalue weighted by Gasteiger charge is 2.27. The molecule has 1 saturated heterocycles. The maximum absolute atomic E-state index is 12.6. The van der Waals surface area contributed by atoms with Gasteiger partial charge in [-0.15, -0.1) is 0 Å². The molecule has 1 aliphatic heterocycles. The second kappa shape index (κ2) is 6.63. The number of benzene rings is 2. The molecule has 0 bridgehead atoms. The molecule has 2 aromatic carbocycles. The minimum absolute atomic E-state index is 0.0586. The Morgan fingerprint density at radius 2 is 1.91 bits per heavy atom. The molecule has 23 heavy (non-hydrogen) atoms. The number of hydrogen-bond acceptors (Lipinski definition) is 2. The van der Waals surface area contributed by atoms with E-state index in [4.69, 9.17) is 11.6 Å². The number of rotatable bonds is 2. The van der Waals surface area contributed by atoms with Crippen molar-refractivity contribution in [3.05, 3.63) is 64.7 Å². The van der Waals surface area contributed by atoms with E-state index < -0.39 is 0 Å². The predicted octanol–water partition coefficient (Wildman–Crippen LogP) is 4.00. The van der Waals surface area contributed by atoms with Gasteiger partial charge in [0, 0.05) is 41.9 Å². The van der Waals surface area contributed by atoms with Crippen molar-refractivity contribution in [1.29, 1.82) is 0 Å². The van der Waals surface area contributed by atoms with Gasteiger partial charge in [-0.05, 0) is 49.7 Å². The molecule has 0 saturated carbocycles. The van der Waals surface area contributed by atoms with Gasteiger partial charge in [-0.1, -0.05) is 29.8 Å². The van der Waals surface area contributed by atoms with E-state index in [1.807, 2.05) is 17.0 Å². The first-order valence-corrected chi connectivity index (χ1v) is 8.30. The van der Waals surface area contributed by atoms with E-state index in [0.717, 1.165) is 19.6 Å². The van der Waals surface area contributed by atoms with Crippen molar-refractivity contribution in [2.24, 2.45) is 0 Å². The summed E-state index contributed by atoms with van der Waals surface area (Å²) < 4.78 is 0. The van der Waals surface area contributed by atoms with Crippen LogP contribution in [0.5, 0.6) is 0 Å². The molecule has 1 heterocycles. The van der Waals surface area contributed by atoms with Gasteiger partial charge in [0.05, 0.1) is 0 Å².